The van der Waals surface area contributed by atoms with Gasteiger partial charge in [0.2, 0.25) is 0 Å². The van der Waals surface area contributed by atoms with Crippen LogP contribution in [0.25, 0.3) is 0 Å². The number of aliphatic hydroxyl groups excluding tert-OH is 1. The number of aryl methyl sites for hydroxylation is 2. The van der Waals surface area contributed by atoms with E-state index in [0.29, 0.717) is 0 Å². The molecule has 18 heavy (non-hydrogen) atoms. The van der Waals surface area contributed by atoms with E-state index in [9.17, 15) is 10.1 Å². The monoisotopic (exact) mass is 246 g/mol. The summed E-state index contributed by atoms with van der Waals surface area (Å²) in [6, 6.07) is 8.45. The van der Waals surface area contributed by atoms with Crippen molar-refractivity contribution in [3.8, 4) is 0 Å². The molecule has 0 amide bonds. The van der Waals surface area contributed by atoms with Gasteiger partial charge in [0.05, 0.1) is 11.5 Å². The van der Waals surface area contributed by atoms with E-state index in [1.807, 2.05) is 23.0 Å². The van der Waals surface area contributed by atoms with Crippen LogP contribution in [-0.4, -0.2) is 14.6 Å². The van der Waals surface area contributed by atoms with Gasteiger partial charge in [0.25, 0.3) is 5.69 Å². The van der Waals surface area contributed by atoms with Crippen LogP contribution >= 0.6 is 0 Å². The van der Waals surface area contributed by atoms with Crippen LogP contribution in [0, 0.1) is 10.1 Å². The Bertz CT molecular complexity index is 531. The number of non-ortho nitro benzene ring substituents is 1. The van der Waals surface area contributed by atoms with Crippen molar-refractivity contribution >= 4 is 5.69 Å². The minimum atomic E-state index is -0.400. The van der Waals surface area contributed by atoms with Crippen LogP contribution in [0.5, 0.6) is 0 Å². The van der Waals surface area contributed by atoms with Gasteiger partial charge in [0.15, 0.2) is 0 Å². The van der Waals surface area contributed by atoms with Gasteiger partial charge in [-0.25, -0.2) is 0 Å². The van der Waals surface area contributed by atoms with E-state index in [1.54, 1.807) is 12.1 Å². The first kappa shape index (κ1) is 12.3. The molecule has 0 unspecified atom stereocenters. The summed E-state index contributed by atoms with van der Waals surface area (Å²) in [6.07, 6.45) is 4.61. The average molecular weight is 246 g/mol. The van der Waals surface area contributed by atoms with Crippen LogP contribution < -0.4 is 0 Å². The van der Waals surface area contributed by atoms with Gasteiger partial charge in [-0.05, 0) is 23.6 Å². The number of rotatable bonds is 5. The number of nitro groups is 1. The summed E-state index contributed by atoms with van der Waals surface area (Å²) < 4.78 is 1.99. The number of nitro benzene ring substituents is 1. The first-order chi connectivity index (χ1) is 8.69. The highest BCUT2D eigenvalue weighted by Crippen LogP contribution is 2.13. The van der Waals surface area contributed by atoms with Crippen LogP contribution in [0.2, 0.25) is 0 Å². The minimum absolute atomic E-state index is 0.0462. The van der Waals surface area contributed by atoms with E-state index >= 15 is 0 Å². The van der Waals surface area contributed by atoms with Gasteiger partial charge in [0.1, 0.15) is 0 Å². The van der Waals surface area contributed by atoms with Crippen molar-refractivity contribution in [2.45, 2.75) is 19.6 Å². The molecule has 1 N–H and O–H groups in total. The number of benzene rings is 1. The molecule has 0 aliphatic carbocycles. The normalized spacial score (nSPS) is 10.5. The maximum Gasteiger partial charge on any atom is 0.269 e. The van der Waals surface area contributed by atoms with Crippen LogP contribution in [-0.2, 0) is 19.6 Å². The molecule has 0 bridgehead atoms. The third kappa shape index (κ3) is 2.95. The lowest BCUT2D eigenvalue weighted by Crippen LogP contribution is -1.98. The zero-order valence-corrected chi connectivity index (χ0v) is 9.82. The molecule has 5 nitrogen and oxygen atoms in total. The molecule has 0 spiro atoms. The maximum absolute atomic E-state index is 10.5. The van der Waals surface area contributed by atoms with Crippen LogP contribution in [0.3, 0.4) is 0 Å². The van der Waals surface area contributed by atoms with E-state index in [1.165, 1.54) is 12.1 Å². The van der Waals surface area contributed by atoms with E-state index in [2.05, 4.69) is 0 Å². The van der Waals surface area contributed by atoms with E-state index in [4.69, 9.17) is 5.11 Å². The molecule has 0 atom stereocenters. The Morgan fingerprint density at radius 1 is 1.17 bits per heavy atom. The molecule has 0 radical (unpaired) electrons. The van der Waals surface area contributed by atoms with Crippen molar-refractivity contribution in [3.05, 3.63) is 64.0 Å². The van der Waals surface area contributed by atoms with Crippen molar-refractivity contribution in [1.82, 2.24) is 4.57 Å². The van der Waals surface area contributed by atoms with Crippen molar-refractivity contribution < 1.29 is 10.0 Å². The summed E-state index contributed by atoms with van der Waals surface area (Å²) in [7, 11) is 0. The first-order valence-corrected chi connectivity index (χ1v) is 5.68. The second-order valence-electron chi connectivity index (χ2n) is 4.09. The summed E-state index contributed by atoms with van der Waals surface area (Å²) in [5.74, 6) is 0. The smallest absolute Gasteiger partial charge is 0.269 e. The Kier molecular flexibility index (Phi) is 3.74. The number of hydrogen-bond acceptors (Lipinski definition) is 3. The largest absolute Gasteiger partial charge is 0.392 e. The molecule has 1 aromatic carbocycles. The summed E-state index contributed by atoms with van der Waals surface area (Å²) in [5, 5.41) is 19.4. The lowest BCUT2D eigenvalue weighted by Gasteiger charge is -2.03. The quantitative estimate of drug-likeness (QED) is 0.649. The maximum atomic E-state index is 10.5. The van der Waals surface area contributed by atoms with Gasteiger partial charge >= 0.3 is 0 Å². The van der Waals surface area contributed by atoms with Gasteiger partial charge in [0, 0.05) is 31.1 Å². The summed E-state index contributed by atoms with van der Waals surface area (Å²) in [4.78, 5) is 10.1. The third-order valence-corrected chi connectivity index (χ3v) is 2.80. The summed E-state index contributed by atoms with van der Waals surface area (Å²) >= 11 is 0. The van der Waals surface area contributed by atoms with E-state index in [-0.39, 0.29) is 12.3 Å². The van der Waals surface area contributed by atoms with Crippen LogP contribution in [0.1, 0.15) is 11.1 Å². The van der Waals surface area contributed by atoms with E-state index < -0.39 is 4.92 Å². The fourth-order valence-electron chi connectivity index (χ4n) is 1.77. The molecule has 1 heterocycles. The zero-order chi connectivity index (χ0) is 13.0. The highest BCUT2D eigenvalue weighted by atomic mass is 16.6. The van der Waals surface area contributed by atoms with Gasteiger partial charge in [-0.15, -0.1) is 0 Å². The SMILES string of the molecule is O=[N+]([O-])c1ccc(CCn2ccc(CO)c2)cc1. The second-order valence-corrected chi connectivity index (χ2v) is 4.09. The molecule has 2 aromatic rings. The van der Waals surface area contributed by atoms with Gasteiger partial charge in [-0.2, -0.15) is 0 Å². The van der Waals surface area contributed by atoms with Crippen molar-refractivity contribution in [3.63, 3.8) is 0 Å². The summed E-state index contributed by atoms with van der Waals surface area (Å²) in [5.41, 5.74) is 2.06. The Labute approximate surface area is 104 Å². The predicted molar refractivity (Wildman–Crippen MR) is 67.2 cm³/mol. The standard InChI is InChI=1S/C13H14N2O3/c16-10-12-6-8-14(9-12)7-5-11-1-3-13(4-2-11)15(17)18/h1-4,6,8-9,16H,5,7,10H2. The molecule has 0 aliphatic rings. The first-order valence-electron chi connectivity index (χ1n) is 5.68. The predicted octanol–water partition coefficient (Wildman–Crippen LogP) is 2.13. The molecular formula is C13H14N2O3. The number of hydrogen-bond donors (Lipinski definition) is 1. The molecule has 0 saturated carbocycles. The highest BCUT2D eigenvalue weighted by Gasteiger charge is 2.03. The van der Waals surface area contributed by atoms with E-state index in [0.717, 1.165) is 24.1 Å². The highest BCUT2D eigenvalue weighted by molar-refractivity contribution is 5.32. The number of nitrogens with zero attached hydrogens (tertiary/aromatic N) is 2. The molecule has 94 valence electrons. The van der Waals surface area contributed by atoms with Crippen molar-refractivity contribution in [2.24, 2.45) is 0 Å². The fourth-order valence-corrected chi connectivity index (χ4v) is 1.77. The second kappa shape index (κ2) is 5.46. The molecule has 5 heteroatoms. The molecule has 0 saturated heterocycles. The zero-order valence-electron chi connectivity index (χ0n) is 9.82. The molecular weight excluding hydrogens is 232 g/mol. The Hall–Kier alpha value is -2.14. The Morgan fingerprint density at radius 3 is 2.44 bits per heavy atom. The lowest BCUT2D eigenvalue weighted by molar-refractivity contribution is -0.384. The van der Waals surface area contributed by atoms with Gasteiger partial charge in [-0.3, -0.25) is 10.1 Å². The lowest BCUT2D eigenvalue weighted by atomic mass is 10.1. The van der Waals surface area contributed by atoms with Gasteiger partial charge < -0.3 is 9.67 Å². The average Bonchev–Trinajstić information content (AvgIpc) is 2.85. The minimum Gasteiger partial charge on any atom is -0.392 e. The summed E-state index contributed by atoms with van der Waals surface area (Å²) in [6.45, 7) is 0.836. The van der Waals surface area contributed by atoms with Crippen molar-refractivity contribution in [1.29, 1.82) is 0 Å². The molecule has 0 fully saturated rings. The fraction of sp³-hybridized carbons (Fsp3) is 0.231. The van der Waals surface area contributed by atoms with Crippen LogP contribution in [0.15, 0.2) is 42.7 Å². The molecule has 0 aliphatic heterocycles. The van der Waals surface area contributed by atoms with Crippen molar-refractivity contribution in [2.75, 3.05) is 0 Å². The third-order valence-electron chi connectivity index (χ3n) is 2.80. The number of aromatic nitrogens is 1. The molecule has 2 rings (SSSR count). The van der Waals surface area contributed by atoms with Gasteiger partial charge in [-0.1, -0.05) is 12.1 Å². The number of aliphatic hydroxyl groups is 1. The Morgan fingerprint density at radius 2 is 1.89 bits per heavy atom. The topological polar surface area (TPSA) is 68.3 Å². The van der Waals surface area contributed by atoms with Crippen LogP contribution in [0.4, 0.5) is 5.69 Å². The Balaban J connectivity index is 1.95. The molecule has 1 aromatic heterocycles.